The lowest BCUT2D eigenvalue weighted by Crippen LogP contribution is -2.36. The van der Waals surface area contributed by atoms with Gasteiger partial charge in [0.25, 0.3) is 0 Å². The maximum absolute atomic E-state index is 12.1. The van der Waals surface area contributed by atoms with Crippen LogP contribution in [-0.2, 0) is 9.53 Å². The standard InChI is InChI=1S/C19H24N4O2S/c1-4-25-16(24)12-23-18(15-9-7-11-22(15)13(2)3)17(21-19(23)26)14-8-5-6-10-20-14/h5-11,13,17-18H,4,12H2,1-3H3,(H,21,26)/t17-,18-/m0/s1. The highest BCUT2D eigenvalue weighted by atomic mass is 32.1. The van der Waals surface area contributed by atoms with Gasteiger partial charge in [-0.2, -0.15) is 0 Å². The molecule has 2 aromatic rings. The summed E-state index contributed by atoms with van der Waals surface area (Å²) in [4.78, 5) is 18.6. The summed E-state index contributed by atoms with van der Waals surface area (Å²) in [5.41, 5.74) is 1.98. The van der Waals surface area contributed by atoms with Gasteiger partial charge in [-0.25, -0.2) is 0 Å². The summed E-state index contributed by atoms with van der Waals surface area (Å²) < 4.78 is 7.35. The van der Waals surface area contributed by atoms with Crippen molar-refractivity contribution in [2.75, 3.05) is 13.2 Å². The Morgan fingerprint density at radius 2 is 2.15 bits per heavy atom. The van der Waals surface area contributed by atoms with Crippen molar-refractivity contribution in [3.63, 3.8) is 0 Å². The fourth-order valence-electron chi connectivity index (χ4n) is 3.37. The highest BCUT2D eigenvalue weighted by molar-refractivity contribution is 7.80. The first-order chi connectivity index (χ1) is 12.5. The minimum atomic E-state index is -0.286. The molecule has 1 N–H and O–H groups in total. The van der Waals surface area contributed by atoms with Crippen molar-refractivity contribution in [2.24, 2.45) is 0 Å². The Morgan fingerprint density at radius 3 is 2.81 bits per heavy atom. The minimum Gasteiger partial charge on any atom is -0.465 e. The number of esters is 1. The SMILES string of the molecule is CCOC(=O)CN1C(=S)N[C@@H](c2ccccn2)[C@@H]1c1cccn1C(C)C. The van der Waals surface area contributed by atoms with E-state index in [2.05, 4.69) is 41.0 Å². The van der Waals surface area contributed by atoms with Gasteiger partial charge in [-0.1, -0.05) is 6.07 Å². The van der Waals surface area contributed by atoms with E-state index in [-0.39, 0.29) is 24.6 Å². The second-order valence-electron chi connectivity index (χ2n) is 6.49. The predicted molar refractivity (Wildman–Crippen MR) is 104 cm³/mol. The highest BCUT2D eigenvalue weighted by Gasteiger charge is 2.42. The van der Waals surface area contributed by atoms with Crippen molar-refractivity contribution < 1.29 is 9.53 Å². The Kier molecular flexibility index (Phi) is 5.56. The number of nitrogens with one attached hydrogen (secondary N) is 1. The normalized spacial score (nSPS) is 19.7. The minimum absolute atomic E-state index is 0.108. The number of carbonyl (C=O) groups is 1. The molecule has 2 aromatic heterocycles. The molecule has 26 heavy (non-hydrogen) atoms. The van der Waals surface area contributed by atoms with Crippen molar-refractivity contribution in [1.82, 2.24) is 19.8 Å². The largest absolute Gasteiger partial charge is 0.465 e. The van der Waals surface area contributed by atoms with Crippen LogP contribution in [0.1, 0.15) is 50.3 Å². The van der Waals surface area contributed by atoms with E-state index in [1.165, 1.54) is 0 Å². The van der Waals surface area contributed by atoms with Crippen molar-refractivity contribution >= 4 is 23.3 Å². The van der Waals surface area contributed by atoms with E-state index < -0.39 is 0 Å². The van der Waals surface area contributed by atoms with Gasteiger partial charge in [-0.15, -0.1) is 0 Å². The third-order valence-corrected chi connectivity index (χ3v) is 4.83. The van der Waals surface area contributed by atoms with Crippen LogP contribution in [0.15, 0.2) is 42.7 Å². The second-order valence-corrected chi connectivity index (χ2v) is 6.88. The molecule has 0 aliphatic carbocycles. The van der Waals surface area contributed by atoms with Gasteiger partial charge in [0, 0.05) is 24.1 Å². The zero-order valence-electron chi connectivity index (χ0n) is 15.3. The number of thiocarbonyl (C=S) groups is 1. The summed E-state index contributed by atoms with van der Waals surface area (Å²) >= 11 is 5.55. The number of hydrogen-bond acceptors (Lipinski definition) is 4. The molecular weight excluding hydrogens is 348 g/mol. The van der Waals surface area contributed by atoms with Crippen LogP contribution >= 0.6 is 12.2 Å². The molecule has 0 radical (unpaired) electrons. The molecule has 0 amide bonds. The Balaban J connectivity index is 2.01. The van der Waals surface area contributed by atoms with E-state index in [0.29, 0.717) is 17.8 Å². The third kappa shape index (κ3) is 3.58. The van der Waals surface area contributed by atoms with Crippen LogP contribution in [0.3, 0.4) is 0 Å². The zero-order valence-corrected chi connectivity index (χ0v) is 16.1. The molecule has 1 fully saturated rings. The molecule has 3 rings (SSSR count). The second kappa shape index (κ2) is 7.86. The van der Waals surface area contributed by atoms with Gasteiger partial charge < -0.3 is 19.5 Å². The first kappa shape index (κ1) is 18.4. The zero-order chi connectivity index (χ0) is 18.7. The lowest BCUT2D eigenvalue weighted by Gasteiger charge is -2.29. The molecule has 1 saturated heterocycles. The number of hydrogen-bond donors (Lipinski definition) is 1. The molecule has 0 bridgehead atoms. The molecule has 1 aliphatic heterocycles. The molecule has 0 saturated carbocycles. The van der Waals surface area contributed by atoms with E-state index in [9.17, 15) is 4.79 Å². The lowest BCUT2D eigenvalue weighted by molar-refractivity contribution is -0.143. The topological polar surface area (TPSA) is 59.4 Å². The first-order valence-corrected chi connectivity index (χ1v) is 9.24. The van der Waals surface area contributed by atoms with Crippen molar-refractivity contribution in [3.05, 3.63) is 54.1 Å². The summed E-state index contributed by atoms with van der Waals surface area (Å²) in [6.07, 6.45) is 3.83. The van der Waals surface area contributed by atoms with Crippen LogP contribution in [-0.4, -0.2) is 38.7 Å². The molecule has 3 heterocycles. The fraction of sp³-hybridized carbons (Fsp3) is 0.421. The van der Waals surface area contributed by atoms with Gasteiger partial charge in [0.05, 0.1) is 24.4 Å². The molecule has 6 nitrogen and oxygen atoms in total. The Morgan fingerprint density at radius 1 is 1.35 bits per heavy atom. The van der Waals surface area contributed by atoms with Crippen molar-refractivity contribution in [3.8, 4) is 0 Å². The number of aromatic nitrogens is 2. The first-order valence-electron chi connectivity index (χ1n) is 8.83. The summed E-state index contributed by atoms with van der Waals surface area (Å²) in [5.74, 6) is -0.286. The van der Waals surface area contributed by atoms with E-state index in [4.69, 9.17) is 17.0 Å². The molecule has 138 valence electrons. The van der Waals surface area contributed by atoms with Crippen LogP contribution in [0, 0.1) is 0 Å². The summed E-state index contributed by atoms with van der Waals surface area (Å²) in [6, 6.07) is 9.94. The van der Waals surface area contributed by atoms with E-state index in [1.54, 1.807) is 13.1 Å². The molecule has 2 atom stereocenters. The Bertz CT molecular complexity index is 775. The van der Waals surface area contributed by atoms with Gasteiger partial charge in [0.2, 0.25) is 0 Å². The molecule has 1 aliphatic rings. The monoisotopic (exact) mass is 372 g/mol. The Labute approximate surface area is 159 Å². The van der Waals surface area contributed by atoms with E-state index >= 15 is 0 Å². The number of pyridine rings is 1. The quantitative estimate of drug-likeness (QED) is 0.621. The smallest absolute Gasteiger partial charge is 0.325 e. The number of carbonyl (C=O) groups excluding carboxylic acids is 1. The highest BCUT2D eigenvalue weighted by Crippen LogP contribution is 2.39. The summed E-state index contributed by atoms with van der Waals surface area (Å²) in [5, 5.41) is 3.88. The van der Waals surface area contributed by atoms with E-state index in [1.807, 2.05) is 29.2 Å². The van der Waals surface area contributed by atoms with E-state index in [0.717, 1.165) is 11.4 Å². The third-order valence-electron chi connectivity index (χ3n) is 4.47. The Hall–Kier alpha value is -2.41. The number of ether oxygens (including phenoxy) is 1. The number of rotatable bonds is 6. The lowest BCUT2D eigenvalue weighted by atomic mass is 10.0. The van der Waals surface area contributed by atoms with Gasteiger partial charge in [0.15, 0.2) is 5.11 Å². The average molecular weight is 372 g/mol. The van der Waals surface area contributed by atoms with Gasteiger partial charge in [0.1, 0.15) is 6.54 Å². The summed E-state index contributed by atoms with van der Waals surface area (Å²) in [6.45, 7) is 6.53. The predicted octanol–water partition coefficient (Wildman–Crippen LogP) is 3.00. The van der Waals surface area contributed by atoms with Crippen LogP contribution in [0.2, 0.25) is 0 Å². The van der Waals surface area contributed by atoms with Gasteiger partial charge >= 0.3 is 5.97 Å². The maximum atomic E-state index is 12.1. The van der Waals surface area contributed by atoms with Crippen LogP contribution < -0.4 is 5.32 Å². The fourth-order valence-corrected chi connectivity index (χ4v) is 3.68. The molecule has 7 heteroatoms. The average Bonchev–Trinajstić information content (AvgIpc) is 3.21. The van der Waals surface area contributed by atoms with Gasteiger partial charge in [-0.05, 0) is 57.3 Å². The van der Waals surface area contributed by atoms with Crippen molar-refractivity contribution in [2.45, 2.75) is 38.9 Å². The van der Waals surface area contributed by atoms with Crippen LogP contribution in [0.4, 0.5) is 0 Å². The molecule has 0 aromatic carbocycles. The number of nitrogens with zero attached hydrogens (tertiary/aromatic N) is 3. The molecular formula is C19H24N4O2S. The molecule has 0 spiro atoms. The van der Waals surface area contributed by atoms with Gasteiger partial charge in [-0.3, -0.25) is 9.78 Å². The summed E-state index contributed by atoms with van der Waals surface area (Å²) in [7, 11) is 0. The van der Waals surface area contributed by atoms with Crippen molar-refractivity contribution in [1.29, 1.82) is 0 Å². The molecule has 0 unspecified atom stereocenters. The maximum Gasteiger partial charge on any atom is 0.325 e. The van der Waals surface area contributed by atoms with Crippen LogP contribution in [0.25, 0.3) is 0 Å². The van der Waals surface area contributed by atoms with Crippen LogP contribution in [0.5, 0.6) is 0 Å².